The zero-order valence-electron chi connectivity index (χ0n) is 15.9. The topological polar surface area (TPSA) is 66.5 Å². The number of anilines is 1. The second kappa shape index (κ2) is 8.62. The molecule has 0 unspecified atom stereocenters. The third kappa shape index (κ3) is 5.63. The van der Waals surface area contributed by atoms with Crippen LogP contribution in [-0.2, 0) is 21.0 Å². The molecular formula is C19H20ClF3N2O3S. The minimum atomic E-state index is -4.77. The lowest BCUT2D eigenvalue weighted by Gasteiger charge is -2.30. The molecule has 1 amide bonds. The van der Waals surface area contributed by atoms with Crippen LogP contribution < -0.4 is 9.62 Å². The van der Waals surface area contributed by atoms with E-state index in [-0.39, 0.29) is 5.69 Å². The maximum atomic E-state index is 13.2. The number of alkyl halides is 3. The van der Waals surface area contributed by atoms with Crippen molar-refractivity contribution in [3.05, 3.63) is 64.7 Å². The van der Waals surface area contributed by atoms with Gasteiger partial charge in [0, 0.05) is 0 Å². The minimum Gasteiger partial charge on any atom is -0.348 e. The molecule has 2 rings (SSSR count). The van der Waals surface area contributed by atoms with Crippen molar-refractivity contribution in [3.8, 4) is 0 Å². The van der Waals surface area contributed by atoms with E-state index in [2.05, 4.69) is 5.32 Å². The van der Waals surface area contributed by atoms with Gasteiger partial charge in [0.2, 0.25) is 15.9 Å². The number of nitrogens with one attached hydrogen (secondary N) is 1. The van der Waals surface area contributed by atoms with E-state index in [0.717, 1.165) is 24.0 Å². The van der Waals surface area contributed by atoms with E-state index < -0.39 is 44.8 Å². The number of hydrogen-bond donors (Lipinski definition) is 1. The molecule has 0 heterocycles. The number of amides is 1. The van der Waals surface area contributed by atoms with Crippen LogP contribution in [0.2, 0.25) is 5.02 Å². The van der Waals surface area contributed by atoms with Crippen LogP contribution in [0, 0.1) is 0 Å². The summed E-state index contributed by atoms with van der Waals surface area (Å²) in [5, 5.41) is 2.12. The molecule has 1 N–H and O–H groups in total. The zero-order valence-corrected chi connectivity index (χ0v) is 17.4. The van der Waals surface area contributed by atoms with Gasteiger partial charge >= 0.3 is 6.18 Å². The Hall–Kier alpha value is -2.26. The molecule has 0 saturated heterocycles. The molecule has 2 atom stereocenters. The van der Waals surface area contributed by atoms with Gasteiger partial charge in [0.15, 0.2) is 0 Å². The summed E-state index contributed by atoms with van der Waals surface area (Å²) in [5.74, 6) is -0.657. The molecular weight excluding hydrogens is 429 g/mol. The van der Waals surface area contributed by atoms with E-state index >= 15 is 0 Å². The third-order valence-electron chi connectivity index (χ3n) is 4.26. The lowest BCUT2D eigenvalue weighted by molar-refractivity contribution is -0.137. The largest absolute Gasteiger partial charge is 0.417 e. The minimum absolute atomic E-state index is 0.306. The standard InChI is InChI=1S/C19H20ClF3N2O3S/c1-12(14-7-5-4-6-8-14)24-18(26)13(2)25(29(3,27)28)15-9-10-17(20)16(11-15)19(21,22)23/h4-13H,1-3H3,(H,24,26)/t12-,13+/m0/s1. The van der Waals surface area contributed by atoms with Gasteiger partial charge in [-0.2, -0.15) is 13.2 Å². The van der Waals surface area contributed by atoms with Crippen molar-refractivity contribution in [2.45, 2.75) is 32.1 Å². The average Bonchev–Trinajstić information content (AvgIpc) is 2.61. The lowest BCUT2D eigenvalue weighted by Crippen LogP contribution is -2.48. The lowest BCUT2D eigenvalue weighted by atomic mass is 10.1. The molecule has 0 aliphatic heterocycles. The number of carbonyl (C=O) groups excluding carboxylic acids is 1. The van der Waals surface area contributed by atoms with Crippen LogP contribution in [0.5, 0.6) is 0 Å². The molecule has 0 aromatic heterocycles. The van der Waals surface area contributed by atoms with Gasteiger partial charge in [-0.1, -0.05) is 41.9 Å². The first-order valence-electron chi connectivity index (χ1n) is 8.54. The Morgan fingerprint density at radius 3 is 2.21 bits per heavy atom. The van der Waals surface area contributed by atoms with Crippen molar-refractivity contribution in [3.63, 3.8) is 0 Å². The SMILES string of the molecule is C[C@H](NC(=O)[C@@H](C)N(c1ccc(Cl)c(C(F)(F)F)c1)S(C)(=O)=O)c1ccccc1. The second-order valence-corrected chi connectivity index (χ2v) is 8.80. The monoisotopic (exact) mass is 448 g/mol. The Morgan fingerprint density at radius 2 is 1.69 bits per heavy atom. The van der Waals surface area contributed by atoms with Gasteiger partial charge in [-0.25, -0.2) is 8.42 Å². The van der Waals surface area contributed by atoms with Crippen LogP contribution in [0.4, 0.5) is 18.9 Å². The Balaban J connectivity index is 2.37. The first-order chi connectivity index (χ1) is 13.3. The first kappa shape index (κ1) is 23.0. The first-order valence-corrected chi connectivity index (χ1v) is 10.8. The van der Waals surface area contributed by atoms with Gasteiger partial charge in [0.1, 0.15) is 6.04 Å². The molecule has 5 nitrogen and oxygen atoms in total. The summed E-state index contributed by atoms with van der Waals surface area (Å²) in [4.78, 5) is 12.7. The fraction of sp³-hybridized carbons (Fsp3) is 0.316. The molecule has 0 aliphatic carbocycles. The quantitative estimate of drug-likeness (QED) is 0.712. The number of benzene rings is 2. The highest BCUT2D eigenvalue weighted by atomic mass is 35.5. The number of rotatable bonds is 6. The number of halogens is 4. The van der Waals surface area contributed by atoms with Gasteiger partial charge in [-0.05, 0) is 37.6 Å². The maximum Gasteiger partial charge on any atom is 0.417 e. The fourth-order valence-electron chi connectivity index (χ4n) is 2.84. The van der Waals surface area contributed by atoms with Crippen molar-refractivity contribution < 1.29 is 26.4 Å². The smallest absolute Gasteiger partial charge is 0.348 e. The van der Waals surface area contributed by atoms with Crippen molar-refractivity contribution in [1.82, 2.24) is 5.32 Å². The molecule has 29 heavy (non-hydrogen) atoms. The molecule has 158 valence electrons. The van der Waals surface area contributed by atoms with Gasteiger partial charge < -0.3 is 5.32 Å². The van der Waals surface area contributed by atoms with Crippen LogP contribution in [0.25, 0.3) is 0 Å². The summed E-state index contributed by atoms with van der Waals surface area (Å²) >= 11 is 5.61. The second-order valence-electron chi connectivity index (χ2n) is 6.54. The average molecular weight is 449 g/mol. The zero-order chi connectivity index (χ0) is 22.0. The predicted molar refractivity (Wildman–Crippen MR) is 106 cm³/mol. The molecule has 10 heteroatoms. The molecule has 0 fully saturated rings. The van der Waals surface area contributed by atoms with E-state index in [9.17, 15) is 26.4 Å². The van der Waals surface area contributed by atoms with Crippen molar-refractivity contribution in [2.24, 2.45) is 0 Å². The van der Waals surface area contributed by atoms with Crippen LogP contribution in [0.15, 0.2) is 48.5 Å². The molecule has 0 spiro atoms. The van der Waals surface area contributed by atoms with Crippen LogP contribution >= 0.6 is 11.6 Å². The van der Waals surface area contributed by atoms with Crippen molar-refractivity contribution >= 4 is 33.2 Å². The third-order valence-corrected chi connectivity index (χ3v) is 5.83. The van der Waals surface area contributed by atoms with E-state index in [1.165, 1.54) is 6.92 Å². The summed E-state index contributed by atoms with van der Waals surface area (Å²) in [6.45, 7) is 3.02. The highest BCUT2D eigenvalue weighted by Crippen LogP contribution is 2.37. The van der Waals surface area contributed by atoms with Gasteiger partial charge in [-0.3, -0.25) is 9.10 Å². The molecule has 0 aliphatic rings. The Morgan fingerprint density at radius 1 is 1.10 bits per heavy atom. The maximum absolute atomic E-state index is 13.2. The van der Waals surface area contributed by atoms with E-state index in [4.69, 9.17) is 11.6 Å². The molecule has 0 radical (unpaired) electrons. The van der Waals surface area contributed by atoms with Gasteiger partial charge in [0.25, 0.3) is 0 Å². The Labute approximate surface area is 172 Å². The summed E-state index contributed by atoms with van der Waals surface area (Å²) in [6, 6.07) is 9.95. The molecule has 2 aromatic carbocycles. The molecule has 2 aromatic rings. The molecule has 0 bridgehead atoms. The predicted octanol–water partition coefficient (Wildman–Crippen LogP) is 4.39. The van der Waals surface area contributed by atoms with Gasteiger partial charge in [-0.15, -0.1) is 0 Å². The highest BCUT2D eigenvalue weighted by molar-refractivity contribution is 7.92. The van der Waals surface area contributed by atoms with E-state index in [0.29, 0.717) is 10.4 Å². The number of carbonyl (C=O) groups is 1. The van der Waals surface area contributed by atoms with Crippen LogP contribution in [0.1, 0.15) is 31.0 Å². The van der Waals surface area contributed by atoms with E-state index in [1.54, 1.807) is 31.2 Å². The summed E-state index contributed by atoms with van der Waals surface area (Å²) in [5.41, 5.74) is -0.695. The normalized spacial score (nSPS) is 14.2. The van der Waals surface area contributed by atoms with Crippen LogP contribution in [0.3, 0.4) is 0 Å². The number of sulfonamides is 1. The Kier molecular flexibility index (Phi) is 6.85. The van der Waals surface area contributed by atoms with E-state index in [1.807, 2.05) is 6.07 Å². The highest BCUT2D eigenvalue weighted by Gasteiger charge is 2.36. The summed E-state index contributed by atoms with van der Waals surface area (Å²) in [7, 11) is -4.08. The summed E-state index contributed by atoms with van der Waals surface area (Å²) < 4.78 is 64.8. The number of hydrogen-bond acceptors (Lipinski definition) is 3. The van der Waals surface area contributed by atoms with Crippen molar-refractivity contribution in [2.75, 3.05) is 10.6 Å². The van der Waals surface area contributed by atoms with Gasteiger partial charge in [0.05, 0.1) is 28.6 Å². The Bertz CT molecular complexity index is 982. The fourth-order valence-corrected chi connectivity index (χ4v) is 4.23. The summed E-state index contributed by atoms with van der Waals surface area (Å²) in [6.07, 6.45) is -3.96. The molecule has 0 saturated carbocycles. The number of nitrogens with zero attached hydrogens (tertiary/aromatic N) is 1. The van der Waals surface area contributed by atoms with Crippen LogP contribution in [-0.4, -0.2) is 26.6 Å². The van der Waals surface area contributed by atoms with Crippen molar-refractivity contribution in [1.29, 1.82) is 0 Å².